The van der Waals surface area contributed by atoms with Crippen LogP contribution in [0, 0.1) is 24.2 Å². The van der Waals surface area contributed by atoms with Gasteiger partial charge in [-0.2, -0.15) is 0 Å². The number of nitrogens with one attached hydrogen (secondary N) is 1. The van der Waals surface area contributed by atoms with Crippen LogP contribution in [0.1, 0.15) is 19.4 Å². The number of carbonyl (C=O) groups is 2. The maximum absolute atomic E-state index is 12.1. The first-order valence-corrected chi connectivity index (χ1v) is 6.28. The minimum absolute atomic E-state index is 0.291. The van der Waals surface area contributed by atoms with Gasteiger partial charge in [0.25, 0.3) is 0 Å². The van der Waals surface area contributed by atoms with Crippen molar-refractivity contribution in [1.82, 2.24) is 4.98 Å². The Bertz CT molecular complexity index is 557. The van der Waals surface area contributed by atoms with Gasteiger partial charge in [-0.1, -0.05) is 25.4 Å². The highest BCUT2D eigenvalue weighted by atomic mass is 35.5. The van der Waals surface area contributed by atoms with Crippen LogP contribution < -0.4 is 5.32 Å². The van der Waals surface area contributed by atoms with Crippen LogP contribution in [0.15, 0.2) is 12.3 Å². The van der Waals surface area contributed by atoms with Crippen molar-refractivity contribution in [2.45, 2.75) is 20.8 Å². The van der Waals surface area contributed by atoms with Crippen LogP contribution in [0.3, 0.4) is 0 Å². The Morgan fingerprint density at radius 2 is 2.05 bits per heavy atom. The largest absolute Gasteiger partial charge is 0.481 e. The third-order valence-corrected chi connectivity index (χ3v) is 4.05. The van der Waals surface area contributed by atoms with Gasteiger partial charge in [0.2, 0.25) is 5.91 Å². The summed E-state index contributed by atoms with van der Waals surface area (Å²) in [6, 6.07) is 1.71. The lowest BCUT2D eigenvalue weighted by Gasteiger charge is -2.07. The zero-order chi connectivity index (χ0) is 14.4. The van der Waals surface area contributed by atoms with Crippen LogP contribution in [0.2, 0.25) is 5.15 Å². The number of nitrogens with zero attached hydrogens (tertiary/aromatic N) is 1. The maximum Gasteiger partial charge on any atom is 0.307 e. The molecule has 1 saturated carbocycles. The Morgan fingerprint density at radius 1 is 1.42 bits per heavy atom. The van der Waals surface area contributed by atoms with Gasteiger partial charge in [-0.05, 0) is 24.0 Å². The zero-order valence-electron chi connectivity index (χ0n) is 10.9. The quantitative estimate of drug-likeness (QED) is 0.834. The van der Waals surface area contributed by atoms with Crippen molar-refractivity contribution >= 4 is 29.2 Å². The molecule has 0 aliphatic heterocycles. The van der Waals surface area contributed by atoms with Crippen LogP contribution in [0.25, 0.3) is 0 Å². The number of halogens is 1. The molecule has 1 heterocycles. The number of rotatable bonds is 3. The Hall–Kier alpha value is -1.62. The summed E-state index contributed by atoms with van der Waals surface area (Å²) in [6.07, 6.45) is 1.46. The second-order valence-electron chi connectivity index (χ2n) is 5.44. The summed E-state index contributed by atoms with van der Waals surface area (Å²) in [5.41, 5.74) is 0.771. The molecular formula is C13H15ClN2O3. The highest BCUT2D eigenvalue weighted by Gasteiger charge is 2.65. The first-order valence-electron chi connectivity index (χ1n) is 5.91. The second kappa shape index (κ2) is 4.49. The van der Waals surface area contributed by atoms with Crippen molar-refractivity contribution in [3.8, 4) is 0 Å². The molecule has 102 valence electrons. The average Bonchev–Trinajstić information content (AvgIpc) is 2.87. The molecule has 19 heavy (non-hydrogen) atoms. The highest BCUT2D eigenvalue weighted by molar-refractivity contribution is 6.30. The van der Waals surface area contributed by atoms with Gasteiger partial charge >= 0.3 is 5.97 Å². The number of pyridine rings is 1. The van der Waals surface area contributed by atoms with Gasteiger partial charge in [0.05, 0.1) is 23.7 Å². The van der Waals surface area contributed by atoms with Crippen LogP contribution >= 0.6 is 11.6 Å². The van der Waals surface area contributed by atoms with Crippen LogP contribution in [0.4, 0.5) is 5.69 Å². The first-order chi connectivity index (χ1) is 8.75. The zero-order valence-corrected chi connectivity index (χ0v) is 11.7. The Morgan fingerprint density at radius 3 is 2.53 bits per heavy atom. The third kappa shape index (κ3) is 2.42. The van der Waals surface area contributed by atoms with E-state index < -0.39 is 23.2 Å². The summed E-state index contributed by atoms with van der Waals surface area (Å²) in [5.74, 6) is -2.37. The third-order valence-electron chi connectivity index (χ3n) is 3.66. The molecule has 1 fully saturated rings. The molecule has 1 aromatic rings. The summed E-state index contributed by atoms with van der Waals surface area (Å²) >= 11 is 5.80. The van der Waals surface area contributed by atoms with E-state index in [1.54, 1.807) is 26.8 Å². The van der Waals surface area contributed by atoms with E-state index in [1.165, 1.54) is 6.20 Å². The molecule has 1 amide bonds. The predicted octanol–water partition coefficient (Wildman–Crippen LogP) is 2.34. The van der Waals surface area contributed by atoms with Crippen LogP contribution in [-0.4, -0.2) is 22.0 Å². The van der Waals surface area contributed by atoms with E-state index in [1.807, 2.05) is 0 Å². The summed E-state index contributed by atoms with van der Waals surface area (Å²) in [6.45, 7) is 5.34. The van der Waals surface area contributed by atoms with Gasteiger partial charge in [0.15, 0.2) is 0 Å². The molecule has 0 radical (unpaired) electrons. The summed E-state index contributed by atoms with van der Waals surface area (Å²) in [7, 11) is 0. The molecular weight excluding hydrogens is 268 g/mol. The number of aromatic nitrogens is 1. The minimum atomic E-state index is -0.935. The van der Waals surface area contributed by atoms with Gasteiger partial charge in [-0.3, -0.25) is 9.59 Å². The van der Waals surface area contributed by atoms with E-state index in [0.717, 1.165) is 5.56 Å². The van der Waals surface area contributed by atoms with Crippen molar-refractivity contribution in [1.29, 1.82) is 0 Å². The number of carboxylic acids is 1. The number of carboxylic acid groups (broad SMARTS) is 1. The van der Waals surface area contributed by atoms with Gasteiger partial charge in [-0.15, -0.1) is 0 Å². The molecule has 0 aromatic carbocycles. The number of aryl methyl sites for hydroxylation is 1. The molecule has 2 rings (SSSR count). The number of anilines is 1. The lowest BCUT2D eigenvalue weighted by molar-refractivity contribution is -0.140. The van der Waals surface area contributed by atoms with E-state index in [4.69, 9.17) is 16.7 Å². The molecule has 0 spiro atoms. The number of aliphatic carboxylic acids is 1. The summed E-state index contributed by atoms with van der Waals surface area (Å²) in [4.78, 5) is 27.0. The lowest BCUT2D eigenvalue weighted by atomic mass is 10.1. The fraction of sp³-hybridized carbons (Fsp3) is 0.462. The Kier molecular flexibility index (Phi) is 3.26. The number of amides is 1. The molecule has 1 aliphatic rings. The fourth-order valence-corrected chi connectivity index (χ4v) is 2.54. The highest BCUT2D eigenvalue weighted by Crippen LogP contribution is 2.58. The fourth-order valence-electron chi connectivity index (χ4n) is 2.43. The normalized spacial score (nSPS) is 23.8. The molecule has 2 unspecified atom stereocenters. The van der Waals surface area contributed by atoms with Gasteiger partial charge in [0.1, 0.15) is 5.15 Å². The van der Waals surface area contributed by atoms with Crippen molar-refractivity contribution in [3.05, 3.63) is 23.0 Å². The summed E-state index contributed by atoms with van der Waals surface area (Å²) < 4.78 is 0. The Balaban J connectivity index is 2.10. The molecule has 2 atom stereocenters. The van der Waals surface area contributed by atoms with E-state index in [0.29, 0.717) is 10.8 Å². The van der Waals surface area contributed by atoms with Crippen molar-refractivity contribution in [2.24, 2.45) is 17.3 Å². The standard InChI is InChI=1S/C13H15ClN2O3/c1-6-4-7(5-15-10(6)14)16-11(17)8-9(12(18)19)13(8,2)3/h4-5,8-9H,1-3H3,(H,16,17)(H,18,19). The molecule has 0 bridgehead atoms. The average molecular weight is 283 g/mol. The van der Waals surface area contributed by atoms with Crippen molar-refractivity contribution in [3.63, 3.8) is 0 Å². The monoisotopic (exact) mass is 282 g/mol. The summed E-state index contributed by atoms with van der Waals surface area (Å²) in [5, 5.41) is 12.1. The van der Waals surface area contributed by atoms with Gasteiger partial charge in [0, 0.05) is 0 Å². The van der Waals surface area contributed by atoms with Crippen LogP contribution in [-0.2, 0) is 9.59 Å². The van der Waals surface area contributed by atoms with E-state index >= 15 is 0 Å². The molecule has 1 aromatic heterocycles. The topological polar surface area (TPSA) is 79.3 Å². The molecule has 1 aliphatic carbocycles. The van der Waals surface area contributed by atoms with Gasteiger partial charge < -0.3 is 10.4 Å². The molecule has 0 saturated heterocycles. The number of hydrogen-bond acceptors (Lipinski definition) is 3. The second-order valence-corrected chi connectivity index (χ2v) is 5.79. The van der Waals surface area contributed by atoms with E-state index in [-0.39, 0.29) is 5.91 Å². The molecule has 2 N–H and O–H groups in total. The SMILES string of the molecule is Cc1cc(NC(=O)C2C(C(=O)O)C2(C)C)cnc1Cl. The maximum atomic E-state index is 12.1. The van der Waals surface area contributed by atoms with Crippen LogP contribution in [0.5, 0.6) is 0 Å². The smallest absolute Gasteiger partial charge is 0.307 e. The van der Waals surface area contributed by atoms with E-state index in [9.17, 15) is 9.59 Å². The predicted molar refractivity (Wildman–Crippen MR) is 71.0 cm³/mol. The van der Waals surface area contributed by atoms with E-state index in [2.05, 4.69) is 10.3 Å². The number of carbonyl (C=O) groups excluding carboxylic acids is 1. The first kappa shape index (κ1) is 13.8. The van der Waals surface area contributed by atoms with Gasteiger partial charge in [-0.25, -0.2) is 4.98 Å². The number of hydrogen-bond donors (Lipinski definition) is 2. The Labute approximate surface area is 116 Å². The molecule has 5 nitrogen and oxygen atoms in total. The van der Waals surface area contributed by atoms with Crippen molar-refractivity contribution < 1.29 is 14.7 Å². The molecule has 6 heteroatoms. The van der Waals surface area contributed by atoms with Crippen molar-refractivity contribution in [2.75, 3.05) is 5.32 Å². The minimum Gasteiger partial charge on any atom is -0.481 e. The lowest BCUT2D eigenvalue weighted by Crippen LogP contribution is -2.18.